The molecule has 0 aliphatic carbocycles. The van der Waals surface area contributed by atoms with Gasteiger partial charge in [-0.25, -0.2) is 4.98 Å². The molecule has 0 aliphatic heterocycles. The SMILES string of the molecule is Cl.O/N=C/c1cnc(CCc2ccncc2)s1. The van der Waals surface area contributed by atoms with Gasteiger partial charge in [0.1, 0.15) is 0 Å². The molecule has 0 amide bonds. The number of rotatable bonds is 4. The first-order chi connectivity index (χ1) is 7.88. The zero-order valence-corrected chi connectivity index (χ0v) is 10.6. The Bertz CT molecular complexity index is 473. The van der Waals surface area contributed by atoms with Crippen molar-refractivity contribution in [3.05, 3.63) is 46.2 Å². The number of oxime groups is 1. The van der Waals surface area contributed by atoms with Crippen LogP contribution in [0.25, 0.3) is 0 Å². The van der Waals surface area contributed by atoms with Gasteiger partial charge in [-0.15, -0.1) is 23.7 Å². The summed E-state index contributed by atoms with van der Waals surface area (Å²) >= 11 is 1.54. The van der Waals surface area contributed by atoms with E-state index in [0.717, 1.165) is 22.7 Å². The monoisotopic (exact) mass is 269 g/mol. The van der Waals surface area contributed by atoms with Crippen LogP contribution in [0, 0.1) is 0 Å². The third-order valence-electron chi connectivity index (χ3n) is 2.13. The van der Waals surface area contributed by atoms with Gasteiger partial charge in [0.05, 0.1) is 16.1 Å². The second-order valence-corrected chi connectivity index (χ2v) is 4.40. The highest BCUT2D eigenvalue weighted by Gasteiger charge is 2.01. The fourth-order valence-electron chi connectivity index (χ4n) is 1.36. The number of nitrogens with zero attached hydrogens (tertiary/aromatic N) is 3. The van der Waals surface area contributed by atoms with E-state index >= 15 is 0 Å². The summed E-state index contributed by atoms with van der Waals surface area (Å²) in [5.41, 5.74) is 1.25. The lowest BCUT2D eigenvalue weighted by Crippen LogP contribution is -1.90. The van der Waals surface area contributed by atoms with Crippen LogP contribution < -0.4 is 0 Å². The third-order valence-corrected chi connectivity index (χ3v) is 3.12. The van der Waals surface area contributed by atoms with Crippen LogP contribution in [0.1, 0.15) is 15.4 Å². The fourth-order valence-corrected chi connectivity index (χ4v) is 2.14. The maximum absolute atomic E-state index is 8.38. The first-order valence-corrected chi connectivity index (χ1v) is 5.71. The van der Waals surface area contributed by atoms with Gasteiger partial charge >= 0.3 is 0 Å². The maximum Gasteiger partial charge on any atom is 0.0934 e. The van der Waals surface area contributed by atoms with Crippen molar-refractivity contribution in [3.63, 3.8) is 0 Å². The normalized spacial score (nSPS) is 10.4. The Labute approximate surface area is 109 Å². The second-order valence-electron chi connectivity index (χ2n) is 3.26. The number of aryl methyl sites for hydroxylation is 2. The van der Waals surface area contributed by atoms with Crippen molar-refractivity contribution >= 4 is 30.0 Å². The van der Waals surface area contributed by atoms with E-state index < -0.39 is 0 Å². The molecule has 0 saturated heterocycles. The minimum atomic E-state index is 0. The van der Waals surface area contributed by atoms with E-state index in [2.05, 4.69) is 15.1 Å². The molecule has 0 radical (unpaired) electrons. The Morgan fingerprint density at radius 1 is 1.29 bits per heavy atom. The highest BCUT2D eigenvalue weighted by molar-refractivity contribution is 7.13. The van der Waals surface area contributed by atoms with Crippen LogP contribution in [0.2, 0.25) is 0 Å². The zero-order chi connectivity index (χ0) is 11.2. The highest BCUT2D eigenvalue weighted by atomic mass is 35.5. The number of aromatic nitrogens is 2. The molecule has 2 rings (SSSR count). The van der Waals surface area contributed by atoms with E-state index in [1.807, 2.05) is 12.1 Å². The van der Waals surface area contributed by atoms with Gasteiger partial charge in [0, 0.05) is 25.0 Å². The molecule has 1 N–H and O–H groups in total. The molecule has 0 fully saturated rings. The Morgan fingerprint density at radius 3 is 2.76 bits per heavy atom. The molecule has 0 bridgehead atoms. The van der Waals surface area contributed by atoms with E-state index in [-0.39, 0.29) is 12.4 Å². The summed E-state index contributed by atoms with van der Waals surface area (Å²) in [6.07, 6.45) is 8.54. The number of halogens is 1. The number of pyridine rings is 1. The molecule has 2 aromatic rings. The smallest absolute Gasteiger partial charge is 0.0934 e. The number of hydrogen-bond acceptors (Lipinski definition) is 5. The van der Waals surface area contributed by atoms with Crippen molar-refractivity contribution < 1.29 is 5.21 Å². The molecule has 2 heterocycles. The first-order valence-electron chi connectivity index (χ1n) is 4.89. The fraction of sp³-hybridized carbons (Fsp3) is 0.182. The molecule has 4 nitrogen and oxygen atoms in total. The molecular formula is C11H12ClN3OS. The average molecular weight is 270 g/mol. The number of thiazole rings is 1. The van der Waals surface area contributed by atoms with Crippen LogP contribution in [0.4, 0.5) is 0 Å². The molecule has 0 aliphatic rings. The third kappa shape index (κ3) is 4.13. The van der Waals surface area contributed by atoms with Crippen LogP contribution in [0.15, 0.2) is 35.9 Å². The van der Waals surface area contributed by atoms with Gasteiger partial charge in [0.25, 0.3) is 0 Å². The van der Waals surface area contributed by atoms with Crippen molar-refractivity contribution in [1.29, 1.82) is 0 Å². The van der Waals surface area contributed by atoms with E-state index in [9.17, 15) is 0 Å². The molecule has 0 atom stereocenters. The quantitative estimate of drug-likeness (QED) is 0.527. The van der Waals surface area contributed by atoms with Gasteiger partial charge in [-0.2, -0.15) is 0 Å². The van der Waals surface area contributed by atoms with Crippen molar-refractivity contribution in [2.75, 3.05) is 0 Å². The molecule has 0 unspecified atom stereocenters. The lowest BCUT2D eigenvalue weighted by Gasteiger charge is -1.96. The largest absolute Gasteiger partial charge is 0.411 e. The van der Waals surface area contributed by atoms with Gasteiger partial charge in [-0.1, -0.05) is 5.16 Å². The summed E-state index contributed by atoms with van der Waals surface area (Å²) in [6.45, 7) is 0. The van der Waals surface area contributed by atoms with Crippen LogP contribution in [-0.4, -0.2) is 21.4 Å². The molecule has 17 heavy (non-hydrogen) atoms. The summed E-state index contributed by atoms with van der Waals surface area (Å²) < 4.78 is 0. The lowest BCUT2D eigenvalue weighted by atomic mass is 10.1. The average Bonchev–Trinajstić information content (AvgIpc) is 2.76. The summed E-state index contributed by atoms with van der Waals surface area (Å²) in [4.78, 5) is 9.09. The van der Waals surface area contributed by atoms with Crippen molar-refractivity contribution in [2.45, 2.75) is 12.8 Å². The molecule has 6 heteroatoms. The van der Waals surface area contributed by atoms with E-state index in [0.29, 0.717) is 0 Å². The van der Waals surface area contributed by atoms with E-state index in [1.165, 1.54) is 11.8 Å². The molecule has 0 saturated carbocycles. The van der Waals surface area contributed by atoms with Crippen LogP contribution in [0.3, 0.4) is 0 Å². The lowest BCUT2D eigenvalue weighted by molar-refractivity contribution is 0.322. The Hall–Kier alpha value is -1.46. The zero-order valence-electron chi connectivity index (χ0n) is 8.98. The maximum atomic E-state index is 8.38. The van der Waals surface area contributed by atoms with Gasteiger partial charge < -0.3 is 5.21 Å². The molecular weight excluding hydrogens is 258 g/mol. The number of hydrogen-bond donors (Lipinski definition) is 1. The Morgan fingerprint density at radius 2 is 2.06 bits per heavy atom. The topological polar surface area (TPSA) is 58.4 Å². The molecule has 90 valence electrons. The van der Waals surface area contributed by atoms with Crippen LogP contribution in [-0.2, 0) is 12.8 Å². The standard InChI is InChI=1S/C11H11N3OS.ClH/c15-14-8-10-7-13-11(16-10)2-1-9-3-5-12-6-4-9;/h3-8,15H,1-2H2;1H/b14-8+;. The minimum absolute atomic E-state index is 0. The van der Waals surface area contributed by atoms with Crippen molar-refractivity contribution in [1.82, 2.24) is 9.97 Å². The highest BCUT2D eigenvalue weighted by Crippen LogP contribution is 2.13. The molecule has 2 aromatic heterocycles. The Kier molecular flexibility index (Phi) is 5.59. The van der Waals surface area contributed by atoms with Gasteiger partial charge in [0.15, 0.2) is 0 Å². The molecule has 0 spiro atoms. The minimum Gasteiger partial charge on any atom is -0.411 e. The van der Waals surface area contributed by atoms with Crippen LogP contribution >= 0.6 is 23.7 Å². The summed E-state index contributed by atoms with van der Waals surface area (Å²) in [5.74, 6) is 0. The summed E-state index contributed by atoms with van der Waals surface area (Å²) in [5, 5.41) is 12.4. The van der Waals surface area contributed by atoms with Gasteiger partial charge in [-0.05, 0) is 24.1 Å². The van der Waals surface area contributed by atoms with Crippen molar-refractivity contribution in [3.8, 4) is 0 Å². The van der Waals surface area contributed by atoms with E-state index in [4.69, 9.17) is 5.21 Å². The Balaban J connectivity index is 0.00000144. The predicted molar refractivity (Wildman–Crippen MR) is 70.4 cm³/mol. The van der Waals surface area contributed by atoms with Gasteiger partial charge in [-0.3, -0.25) is 4.98 Å². The van der Waals surface area contributed by atoms with Crippen molar-refractivity contribution in [2.24, 2.45) is 5.16 Å². The molecule has 0 aromatic carbocycles. The van der Waals surface area contributed by atoms with Crippen LogP contribution in [0.5, 0.6) is 0 Å². The summed E-state index contributed by atoms with van der Waals surface area (Å²) in [6, 6.07) is 4.01. The second kappa shape index (κ2) is 6.98. The van der Waals surface area contributed by atoms with Gasteiger partial charge in [0.2, 0.25) is 0 Å². The van der Waals surface area contributed by atoms with E-state index in [1.54, 1.807) is 29.9 Å². The predicted octanol–water partition coefficient (Wildman–Crippen LogP) is 2.55. The summed E-state index contributed by atoms with van der Waals surface area (Å²) in [7, 11) is 0. The first kappa shape index (κ1) is 13.6.